The number of ether oxygens (including phenoxy) is 1. The minimum Gasteiger partial charge on any atom is -0.493 e. The summed E-state index contributed by atoms with van der Waals surface area (Å²) in [5, 5.41) is 18.5. The fraction of sp³-hybridized carbons (Fsp3) is 0.684. The van der Waals surface area contributed by atoms with Crippen LogP contribution in [0.1, 0.15) is 56.6 Å². The van der Waals surface area contributed by atoms with Gasteiger partial charge in [-0.15, -0.1) is 12.4 Å². The van der Waals surface area contributed by atoms with Crippen molar-refractivity contribution in [2.75, 3.05) is 19.8 Å². The molecule has 140 valence electrons. The fourth-order valence-corrected chi connectivity index (χ4v) is 2.52. The SMILES string of the molecule is CCCCCCCOc1ccc(CCC(N)(CO)CO)cc1C.Cl. The van der Waals surface area contributed by atoms with Crippen molar-refractivity contribution in [2.45, 2.75) is 64.3 Å². The first-order chi connectivity index (χ1) is 11.0. The van der Waals surface area contributed by atoms with E-state index >= 15 is 0 Å². The standard InChI is InChI=1S/C19H33NO3.ClH/c1-3-4-5-6-7-12-23-18-9-8-17(13-16(18)2)10-11-19(20,14-21)15-22;/h8-9,13,21-22H,3-7,10-12,14-15,20H2,1-2H3;1H. The third kappa shape index (κ3) is 8.34. The summed E-state index contributed by atoms with van der Waals surface area (Å²) in [6.45, 7) is 4.62. The molecule has 0 heterocycles. The van der Waals surface area contributed by atoms with Gasteiger partial charge in [-0.2, -0.15) is 0 Å². The van der Waals surface area contributed by atoms with Crippen LogP contribution in [0.2, 0.25) is 0 Å². The zero-order valence-electron chi connectivity index (χ0n) is 15.1. The average Bonchev–Trinajstić information content (AvgIpc) is 2.57. The molecule has 0 fully saturated rings. The van der Waals surface area contributed by atoms with Gasteiger partial charge in [0.05, 0.1) is 25.4 Å². The quantitative estimate of drug-likeness (QED) is 0.500. The van der Waals surface area contributed by atoms with Gasteiger partial charge in [0.1, 0.15) is 5.75 Å². The van der Waals surface area contributed by atoms with E-state index in [1.165, 1.54) is 25.7 Å². The number of rotatable bonds is 12. The van der Waals surface area contributed by atoms with Crippen LogP contribution in [-0.4, -0.2) is 35.6 Å². The third-order valence-electron chi connectivity index (χ3n) is 4.29. The van der Waals surface area contributed by atoms with Crippen molar-refractivity contribution < 1.29 is 14.9 Å². The number of aliphatic hydroxyl groups excluding tert-OH is 2. The first kappa shape index (κ1) is 23.2. The number of aryl methyl sites for hydroxylation is 2. The Labute approximate surface area is 152 Å². The molecule has 5 heteroatoms. The zero-order valence-corrected chi connectivity index (χ0v) is 15.9. The molecule has 0 unspecified atom stereocenters. The van der Waals surface area contributed by atoms with E-state index in [0.29, 0.717) is 6.42 Å². The predicted octanol–water partition coefficient (Wildman–Crippen LogP) is 3.38. The van der Waals surface area contributed by atoms with Gasteiger partial charge in [-0.05, 0) is 43.4 Å². The number of halogens is 1. The van der Waals surface area contributed by atoms with E-state index in [-0.39, 0.29) is 25.6 Å². The number of nitrogens with two attached hydrogens (primary N) is 1. The topological polar surface area (TPSA) is 75.7 Å². The second-order valence-electron chi connectivity index (χ2n) is 6.54. The van der Waals surface area contributed by atoms with Crippen LogP contribution in [0.15, 0.2) is 18.2 Å². The summed E-state index contributed by atoms with van der Waals surface area (Å²) in [6.07, 6.45) is 7.47. The monoisotopic (exact) mass is 359 g/mol. The van der Waals surface area contributed by atoms with Crippen molar-refractivity contribution >= 4 is 12.4 Å². The molecule has 1 rings (SSSR count). The molecule has 0 amide bonds. The lowest BCUT2D eigenvalue weighted by atomic mass is 9.93. The molecule has 0 radical (unpaired) electrons. The normalized spacial score (nSPS) is 11.2. The molecule has 0 spiro atoms. The van der Waals surface area contributed by atoms with Gasteiger partial charge in [0, 0.05) is 0 Å². The van der Waals surface area contributed by atoms with Crippen molar-refractivity contribution in [1.29, 1.82) is 0 Å². The van der Waals surface area contributed by atoms with Crippen molar-refractivity contribution in [2.24, 2.45) is 5.73 Å². The molecule has 0 saturated carbocycles. The van der Waals surface area contributed by atoms with Gasteiger partial charge in [0.15, 0.2) is 0 Å². The summed E-state index contributed by atoms with van der Waals surface area (Å²) in [5.74, 6) is 0.938. The summed E-state index contributed by atoms with van der Waals surface area (Å²) < 4.78 is 5.86. The maximum Gasteiger partial charge on any atom is 0.122 e. The number of benzene rings is 1. The van der Waals surface area contributed by atoms with E-state index in [9.17, 15) is 10.2 Å². The van der Waals surface area contributed by atoms with E-state index in [0.717, 1.165) is 36.3 Å². The molecule has 24 heavy (non-hydrogen) atoms. The lowest BCUT2D eigenvalue weighted by Gasteiger charge is -2.24. The smallest absolute Gasteiger partial charge is 0.122 e. The van der Waals surface area contributed by atoms with Crippen molar-refractivity contribution in [3.63, 3.8) is 0 Å². The zero-order chi connectivity index (χ0) is 17.1. The number of hydrogen-bond acceptors (Lipinski definition) is 4. The van der Waals surface area contributed by atoms with E-state index < -0.39 is 5.54 Å². The second-order valence-corrected chi connectivity index (χ2v) is 6.54. The van der Waals surface area contributed by atoms with Crippen LogP contribution in [0.25, 0.3) is 0 Å². The lowest BCUT2D eigenvalue weighted by molar-refractivity contribution is 0.115. The van der Waals surface area contributed by atoms with Gasteiger partial charge in [0.2, 0.25) is 0 Å². The molecule has 1 aromatic carbocycles. The molecule has 1 aromatic rings. The van der Waals surface area contributed by atoms with Crippen molar-refractivity contribution in [1.82, 2.24) is 0 Å². The Morgan fingerprint density at radius 3 is 2.33 bits per heavy atom. The van der Waals surface area contributed by atoms with Gasteiger partial charge in [-0.3, -0.25) is 0 Å². The summed E-state index contributed by atoms with van der Waals surface area (Å²) in [6, 6.07) is 6.14. The van der Waals surface area contributed by atoms with E-state index in [1.54, 1.807) is 0 Å². The Morgan fingerprint density at radius 2 is 1.75 bits per heavy atom. The minimum atomic E-state index is -0.901. The Morgan fingerprint density at radius 1 is 1.08 bits per heavy atom. The van der Waals surface area contributed by atoms with Gasteiger partial charge >= 0.3 is 0 Å². The van der Waals surface area contributed by atoms with Crippen LogP contribution in [0.3, 0.4) is 0 Å². The molecule has 0 aliphatic carbocycles. The highest BCUT2D eigenvalue weighted by Gasteiger charge is 2.22. The first-order valence-corrected chi connectivity index (χ1v) is 8.77. The van der Waals surface area contributed by atoms with Gasteiger partial charge in [-0.1, -0.05) is 44.7 Å². The Balaban J connectivity index is 0.00000529. The Bertz CT molecular complexity index is 450. The van der Waals surface area contributed by atoms with Crippen molar-refractivity contribution in [3.8, 4) is 5.75 Å². The molecule has 4 N–H and O–H groups in total. The van der Waals surface area contributed by atoms with E-state index in [4.69, 9.17) is 10.5 Å². The van der Waals surface area contributed by atoms with Crippen LogP contribution >= 0.6 is 12.4 Å². The maximum atomic E-state index is 9.23. The van der Waals surface area contributed by atoms with Crippen LogP contribution in [0, 0.1) is 6.92 Å². The molecular weight excluding hydrogens is 326 g/mol. The summed E-state index contributed by atoms with van der Waals surface area (Å²) >= 11 is 0. The van der Waals surface area contributed by atoms with Crippen LogP contribution in [0.5, 0.6) is 5.75 Å². The van der Waals surface area contributed by atoms with Gasteiger partial charge < -0.3 is 20.7 Å². The maximum absolute atomic E-state index is 9.23. The minimum absolute atomic E-state index is 0. The Hall–Kier alpha value is -0.810. The molecule has 0 atom stereocenters. The number of hydrogen-bond donors (Lipinski definition) is 3. The molecule has 0 aliphatic heterocycles. The summed E-state index contributed by atoms with van der Waals surface area (Å²) in [4.78, 5) is 0. The molecule has 0 aromatic heterocycles. The van der Waals surface area contributed by atoms with E-state index in [2.05, 4.69) is 13.0 Å². The third-order valence-corrected chi connectivity index (χ3v) is 4.29. The molecule has 0 aliphatic rings. The number of aliphatic hydroxyl groups is 2. The summed E-state index contributed by atoms with van der Waals surface area (Å²) in [7, 11) is 0. The van der Waals surface area contributed by atoms with E-state index in [1.807, 2.05) is 19.1 Å². The fourth-order valence-electron chi connectivity index (χ4n) is 2.52. The predicted molar refractivity (Wildman–Crippen MR) is 102 cm³/mol. The van der Waals surface area contributed by atoms with Gasteiger partial charge in [-0.25, -0.2) is 0 Å². The highest BCUT2D eigenvalue weighted by Crippen LogP contribution is 2.21. The first-order valence-electron chi connectivity index (χ1n) is 8.77. The molecular formula is C19H34ClNO3. The van der Waals surface area contributed by atoms with Gasteiger partial charge in [0.25, 0.3) is 0 Å². The highest BCUT2D eigenvalue weighted by molar-refractivity contribution is 5.85. The Kier molecular flexibility index (Phi) is 12.1. The molecule has 0 saturated heterocycles. The molecule has 4 nitrogen and oxygen atoms in total. The van der Waals surface area contributed by atoms with Crippen LogP contribution in [-0.2, 0) is 6.42 Å². The number of unbranched alkanes of at least 4 members (excludes halogenated alkanes) is 4. The lowest BCUT2D eigenvalue weighted by Crippen LogP contribution is -2.47. The largest absolute Gasteiger partial charge is 0.493 e. The van der Waals surface area contributed by atoms with Crippen molar-refractivity contribution in [3.05, 3.63) is 29.3 Å². The molecule has 0 bridgehead atoms. The van der Waals surface area contributed by atoms with Crippen LogP contribution in [0.4, 0.5) is 0 Å². The van der Waals surface area contributed by atoms with Crippen LogP contribution < -0.4 is 10.5 Å². The average molecular weight is 360 g/mol. The summed E-state index contributed by atoms with van der Waals surface area (Å²) in [5.41, 5.74) is 7.27. The highest BCUT2D eigenvalue weighted by atomic mass is 35.5. The second kappa shape index (κ2) is 12.5.